The monoisotopic (exact) mass is 257 g/mol. The molecule has 0 fully saturated rings. The first-order valence-corrected chi connectivity index (χ1v) is 6.75. The Bertz CT molecular complexity index is 562. The van der Waals surface area contributed by atoms with E-state index in [0.29, 0.717) is 0 Å². The normalized spacial score (nSPS) is 12.7. The molecule has 0 aliphatic rings. The van der Waals surface area contributed by atoms with E-state index >= 15 is 0 Å². The van der Waals surface area contributed by atoms with Gasteiger partial charge in [0.1, 0.15) is 12.1 Å². The third-order valence-electron chi connectivity index (χ3n) is 2.97. The molecule has 0 radical (unpaired) electrons. The summed E-state index contributed by atoms with van der Waals surface area (Å²) in [6.45, 7) is 11.2. The van der Waals surface area contributed by atoms with E-state index in [0.717, 1.165) is 23.1 Å². The van der Waals surface area contributed by atoms with Gasteiger partial charge in [-0.1, -0.05) is 32.9 Å². The lowest BCUT2D eigenvalue weighted by molar-refractivity contribution is 0.302. The zero-order chi connectivity index (χ0) is 14.1. The van der Waals surface area contributed by atoms with Crippen molar-refractivity contribution in [1.29, 1.82) is 0 Å². The quantitative estimate of drug-likeness (QED) is 0.893. The van der Waals surface area contributed by atoms with Gasteiger partial charge in [-0.15, -0.1) is 0 Å². The summed E-state index contributed by atoms with van der Waals surface area (Å²) in [6, 6.07) is 8.09. The number of anilines is 1. The van der Waals surface area contributed by atoms with Gasteiger partial charge < -0.3 is 5.32 Å². The Balaban J connectivity index is 2.31. The average molecular weight is 257 g/mol. The molecule has 1 N–H and O–H groups in total. The number of nitrogens with zero attached hydrogens (tertiary/aromatic N) is 2. The maximum atomic E-state index is 4.40. The Morgan fingerprint density at radius 1 is 1.00 bits per heavy atom. The van der Waals surface area contributed by atoms with Crippen LogP contribution in [0.3, 0.4) is 0 Å². The van der Waals surface area contributed by atoms with E-state index in [1.165, 1.54) is 0 Å². The molecule has 2 aromatic rings. The van der Waals surface area contributed by atoms with Crippen LogP contribution in [0, 0.1) is 5.41 Å². The van der Waals surface area contributed by atoms with Crippen LogP contribution in [0.4, 0.5) is 5.82 Å². The summed E-state index contributed by atoms with van der Waals surface area (Å²) in [7, 11) is 0. The van der Waals surface area contributed by atoms with Crippen LogP contribution in [0.15, 0.2) is 30.6 Å². The lowest BCUT2D eigenvalue weighted by Gasteiger charge is -2.34. The molecule has 0 saturated carbocycles. The van der Waals surface area contributed by atoms with Gasteiger partial charge in [-0.2, -0.15) is 0 Å². The molecule has 3 heteroatoms. The smallest absolute Gasteiger partial charge is 0.137 e. The molecular formula is C16H23N3. The van der Waals surface area contributed by atoms with Crippen molar-refractivity contribution in [2.75, 3.05) is 5.32 Å². The third kappa shape index (κ3) is 3.66. The van der Waals surface area contributed by atoms with Gasteiger partial charge in [0.15, 0.2) is 0 Å². The number of rotatable bonds is 3. The molecule has 0 amide bonds. The standard InChI is InChI=1S/C16H23N3/c1-15(2,3)10-16(4,5)19-14-12-8-6-7-9-13(12)17-11-18-14/h6-9,11H,10H2,1-5H3,(H,17,18,19). The Hall–Kier alpha value is -1.64. The van der Waals surface area contributed by atoms with Gasteiger partial charge in [0.25, 0.3) is 0 Å². The van der Waals surface area contributed by atoms with Gasteiger partial charge in [-0.05, 0) is 37.8 Å². The van der Waals surface area contributed by atoms with Gasteiger partial charge in [-0.3, -0.25) is 0 Å². The van der Waals surface area contributed by atoms with Crippen LogP contribution < -0.4 is 5.32 Å². The first-order chi connectivity index (χ1) is 8.77. The van der Waals surface area contributed by atoms with E-state index in [-0.39, 0.29) is 11.0 Å². The van der Waals surface area contributed by atoms with Crippen LogP contribution in [0.1, 0.15) is 41.0 Å². The highest BCUT2D eigenvalue weighted by Crippen LogP contribution is 2.30. The summed E-state index contributed by atoms with van der Waals surface area (Å²) in [5.74, 6) is 0.917. The Kier molecular flexibility index (Phi) is 3.48. The number of para-hydroxylation sites is 1. The molecule has 1 aromatic heterocycles. The first-order valence-electron chi connectivity index (χ1n) is 6.75. The molecular weight excluding hydrogens is 234 g/mol. The first kappa shape index (κ1) is 13.8. The lowest BCUT2D eigenvalue weighted by Crippen LogP contribution is -2.35. The van der Waals surface area contributed by atoms with E-state index in [4.69, 9.17) is 0 Å². The minimum Gasteiger partial charge on any atom is -0.365 e. The van der Waals surface area contributed by atoms with E-state index in [1.54, 1.807) is 6.33 Å². The maximum Gasteiger partial charge on any atom is 0.137 e. The highest BCUT2D eigenvalue weighted by molar-refractivity contribution is 5.88. The van der Waals surface area contributed by atoms with Crippen molar-refractivity contribution >= 4 is 16.7 Å². The van der Waals surface area contributed by atoms with Crippen molar-refractivity contribution in [3.8, 4) is 0 Å². The molecule has 1 heterocycles. The number of fused-ring (bicyclic) bond motifs is 1. The van der Waals surface area contributed by atoms with Gasteiger partial charge in [0, 0.05) is 10.9 Å². The van der Waals surface area contributed by atoms with Gasteiger partial charge in [0.2, 0.25) is 0 Å². The van der Waals surface area contributed by atoms with Gasteiger partial charge in [0.05, 0.1) is 5.52 Å². The second-order valence-corrected chi connectivity index (χ2v) is 6.99. The molecule has 0 spiro atoms. The molecule has 0 aliphatic carbocycles. The van der Waals surface area contributed by atoms with Gasteiger partial charge >= 0.3 is 0 Å². The number of nitrogens with one attached hydrogen (secondary N) is 1. The second-order valence-electron chi connectivity index (χ2n) is 6.99. The summed E-state index contributed by atoms with van der Waals surface area (Å²) < 4.78 is 0. The summed E-state index contributed by atoms with van der Waals surface area (Å²) in [5.41, 5.74) is 1.25. The fourth-order valence-corrected chi connectivity index (χ4v) is 2.79. The predicted octanol–water partition coefficient (Wildman–Crippen LogP) is 4.26. The summed E-state index contributed by atoms with van der Waals surface area (Å²) in [5, 5.41) is 4.64. The molecule has 102 valence electrons. The summed E-state index contributed by atoms with van der Waals surface area (Å²) in [6.07, 6.45) is 2.69. The molecule has 0 bridgehead atoms. The highest BCUT2D eigenvalue weighted by atomic mass is 15.1. The van der Waals surface area contributed by atoms with Crippen molar-refractivity contribution < 1.29 is 0 Å². The highest BCUT2D eigenvalue weighted by Gasteiger charge is 2.26. The molecule has 3 nitrogen and oxygen atoms in total. The molecule has 0 unspecified atom stereocenters. The third-order valence-corrected chi connectivity index (χ3v) is 2.97. The SMILES string of the molecule is CC(C)(C)CC(C)(C)Nc1ncnc2ccccc12. The summed E-state index contributed by atoms with van der Waals surface area (Å²) in [4.78, 5) is 8.70. The molecule has 0 aliphatic heterocycles. The van der Waals surface area contributed by atoms with Crippen LogP contribution in [-0.4, -0.2) is 15.5 Å². The zero-order valence-electron chi connectivity index (χ0n) is 12.5. The van der Waals surface area contributed by atoms with Crippen LogP contribution >= 0.6 is 0 Å². The van der Waals surface area contributed by atoms with Crippen LogP contribution in [0.2, 0.25) is 0 Å². The average Bonchev–Trinajstić information content (AvgIpc) is 2.25. The van der Waals surface area contributed by atoms with Crippen molar-refractivity contribution in [3.63, 3.8) is 0 Å². The zero-order valence-corrected chi connectivity index (χ0v) is 12.5. The van der Waals surface area contributed by atoms with Crippen molar-refractivity contribution in [3.05, 3.63) is 30.6 Å². The van der Waals surface area contributed by atoms with E-state index in [2.05, 4.69) is 56.0 Å². The molecule has 0 atom stereocenters. The van der Waals surface area contributed by atoms with E-state index < -0.39 is 0 Å². The van der Waals surface area contributed by atoms with Gasteiger partial charge in [-0.25, -0.2) is 9.97 Å². The topological polar surface area (TPSA) is 37.8 Å². The molecule has 0 saturated heterocycles. The Labute approximate surface area is 115 Å². The second kappa shape index (κ2) is 4.80. The number of hydrogen-bond acceptors (Lipinski definition) is 3. The molecule has 1 aromatic carbocycles. The number of benzene rings is 1. The molecule has 2 rings (SSSR count). The minimum atomic E-state index is -0.00459. The van der Waals surface area contributed by atoms with E-state index in [1.807, 2.05) is 18.2 Å². The fraction of sp³-hybridized carbons (Fsp3) is 0.500. The summed E-state index contributed by atoms with van der Waals surface area (Å²) >= 11 is 0. The Morgan fingerprint density at radius 3 is 2.37 bits per heavy atom. The minimum absolute atomic E-state index is 0.00459. The fourth-order valence-electron chi connectivity index (χ4n) is 2.79. The maximum absolute atomic E-state index is 4.40. The largest absolute Gasteiger partial charge is 0.365 e. The Morgan fingerprint density at radius 2 is 1.68 bits per heavy atom. The number of aromatic nitrogens is 2. The van der Waals surface area contributed by atoms with Crippen LogP contribution in [0.25, 0.3) is 10.9 Å². The van der Waals surface area contributed by atoms with Crippen molar-refractivity contribution in [2.45, 2.75) is 46.6 Å². The molecule has 19 heavy (non-hydrogen) atoms. The number of hydrogen-bond donors (Lipinski definition) is 1. The van der Waals surface area contributed by atoms with Crippen LogP contribution in [0.5, 0.6) is 0 Å². The lowest BCUT2D eigenvalue weighted by atomic mass is 9.82. The van der Waals surface area contributed by atoms with E-state index in [9.17, 15) is 0 Å². The van der Waals surface area contributed by atoms with Crippen LogP contribution in [-0.2, 0) is 0 Å². The predicted molar refractivity (Wildman–Crippen MR) is 81.3 cm³/mol. The van der Waals surface area contributed by atoms with Crippen molar-refractivity contribution in [1.82, 2.24) is 9.97 Å². The van der Waals surface area contributed by atoms with Crippen molar-refractivity contribution in [2.24, 2.45) is 5.41 Å².